The number of amides is 1. The van der Waals surface area contributed by atoms with Crippen LogP contribution in [0.25, 0.3) is 0 Å². The van der Waals surface area contributed by atoms with E-state index in [1.54, 1.807) is 19.1 Å². The Morgan fingerprint density at radius 1 is 1.21 bits per heavy atom. The number of rotatable bonds is 1. The quantitative estimate of drug-likeness (QED) is 0.791. The van der Waals surface area contributed by atoms with Gasteiger partial charge in [0.15, 0.2) is 0 Å². The van der Waals surface area contributed by atoms with Crippen LogP contribution in [0, 0.1) is 13.8 Å². The molecular weight excluding hydrogens is 242 g/mol. The van der Waals surface area contributed by atoms with Crippen LogP contribution in [0.1, 0.15) is 27.5 Å². The highest BCUT2D eigenvalue weighted by atomic mass is 16.2. The van der Waals surface area contributed by atoms with E-state index in [0.29, 0.717) is 17.1 Å². The summed E-state index contributed by atoms with van der Waals surface area (Å²) in [7, 11) is 0. The first-order valence-electron chi connectivity index (χ1n) is 6.04. The largest absolute Gasteiger partial charge is 0.309 e. The van der Waals surface area contributed by atoms with E-state index in [1.165, 1.54) is 4.68 Å². The molecule has 1 aromatic heterocycles. The van der Waals surface area contributed by atoms with Gasteiger partial charge in [-0.1, -0.05) is 29.8 Å². The molecule has 0 spiro atoms. The Balaban J connectivity index is 2.09. The Hall–Kier alpha value is -2.43. The van der Waals surface area contributed by atoms with Gasteiger partial charge in [-0.05, 0) is 19.4 Å². The standard InChI is InChI=1S/C14H13N3O2/c1-8-4-3-5-10(6-8)12-13(18)15-11-7-9(2)16-17(11)14(12)19/h3-7,12H,1-2H3,(H,15,18). The second-order valence-corrected chi connectivity index (χ2v) is 4.76. The van der Waals surface area contributed by atoms with Crippen molar-refractivity contribution < 1.29 is 9.59 Å². The van der Waals surface area contributed by atoms with Gasteiger partial charge in [-0.25, -0.2) is 0 Å². The molecule has 1 N–H and O–H groups in total. The predicted molar refractivity (Wildman–Crippen MR) is 70.1 cm³/mol. The van der Waals surface area contributed by atoms with Crippen molar-refractivity contribution in [3.05, 3.63) is 47.2 Å². The van der Waals surface area contributed by atoms with Crippen LogP contribution in [-0.2, 0) is 4.79 Å². The molecule has 1 aromatic carbocycles. The van der Waals surface area contributed by atoms with E-state index in [-0.39, 0.29) is 11.8 Å². The van der Waals surface area contributed by atoms with E-state index in [1.807, 2.05) is 25.1 Å². The van der Waals surface area contributed by atoms with Crippen molar-refractivity contribution in [1.29, 1.82) is 0 Å². The highest BCUT2D eigenvalue weighted by Crippen LogP contribution is 2.27. The van der Waals surface area contributed by atoms with Crippen molar-refractivity contribution in [3.8, 4) is 0 Å². The second-order valence-electron chi connectivity index (χ2n) is 4.76. The van der Waals surface area contributed by atoms with Crippen LogP contribution in [0.3, 0.4) is 0 Å². The number of nitrogens with zero attached hydrogens (tertiary/aromatic N) is 2. The van der Waals surface area contributed by atoms with Gasteiger partial charge in [0.05, 0.1) is 5.69 Å². The number of hydrogen-bond donors (Lipinski definition) is 1. The van der Waals surface area contributed by atoms with Crippen molar-refractivity contribution in [1.82, 2.24) is 9.78 Å². The van der Waals surface area contributed by atoms with Crippen molar-refractivity contribution in [2.45, 2.75) is 19.8 Å². The lowest BCUT2D eigenvalue weighted by molar-refractivity contribution is -0.117. The lowest BCUT2D eigenvalue weighted by Gasteiger charge is -2.22. The van der Waals surface area contributed by atoms with E-state index in [9.17, 15) is 9.59 Å². The molecule has 0 fully saturated rings. The van der Waals surface area contributed by atoms with Crippen LogP contribution in [0.4, 0.5) is 5.82 Å². The number of carbonyl (C=O) groups excluding carboxylic acids is 2. The molecule has 0 saturated carbocycles. The van der Waals surface area contributed by atoms with Gasteiger partial charge in [0, 0.05) is 6.07 Å². The molecule has 96 valence electrons. The van der Waals surface area contributed by atoms with E-state index in [2.05, 4.69) is 10.4 Å². The van der Waals surface area contributed by atoms with Crippen molar-refractivity contribution in [2.75, 3.05) is 5.32 Å². The highest BCUT2D eigenvalue weighted by molar-refractivity contribution is 6.15. The number of anilines is 1. The Morgan fingerprint density at radius 3 is 2.74 bits per heavy atom. The minimum absolute atomic E-state index is 0.303. The van der Waals surface area contributed by atoms with Crippen LogP contribution in [-0.4, -0.2) is 21.6 Å². The normalized spacial score (nSPS) is 18.1. The van der Waals surface area contributed by atoms with Crippen molar-refractivity contribution in [2.24, 2.45) is 0 Å². The SMILES string of the molecule is Cc1cccc(C2C(=O)Nc3cc(C)nn3C2=O)c1. The fraction of sp³-hybridized carbons (Fsp3) is 0.214. The summed E-state index contributed by atoms with van der Waals surface area (Å²) in [6.07, 6.45) is 0. The summed E-state index contributed by atoms with van der Waals surface area (Å²) in [5.41, 5.74) is 2.41. The van der Waals surface area contributed by atoms with E-state index in [4.69, 9.17) is 0 Å². The van der Waals surface area contributed by atoms with Gasteiger partial charge in [0.25, 0.3) is 5.91 Å². The van der Waals surface area contributed by atoms with Gasteiger partial charge in [0.1, 0.15) is 11.7 Å². The number of carbonyl (C=O) groups is 2. The maximum Gasteiger partial charge on any atom is 0.265 e. The van der Waals surface area contributed by atoms with Crippen LogP contribution in [0.5, 0.6) is 0 Å². The Kier molecular flexibility index (Phi) is 2.48. The van der Waals surface area contributed by atoms with Crippen molar-refractivity contribution in [3.63, 3.8) is 0 Å². The fourth-order valence-electron chi connectivity index (χ4n) is 2.33. The molecule has 1 aliphatic heterocycles. The van der Waals surface area contributed by atoms with Crippen LogP contribution in [0.15, 0.2) is 30.3 Å². The van der Waals surface area contributed by atoms with Crippen LogP contribution >= 0.6 is 0 Å². The number of benzene rings is 1. The minimum Gasteiger partial charge on any atom is -0.309 e. The predicted octanol–water partition coefficient (Wildman–Crippen LogP) is 1.88. The summed E-state index contributed by atoms with van der Waals surface area (Å²) < 4.78 is 1.27. The molecule has 3 rings (SSSR count). The summed E-state index contributed by atoms with van der Waals surface area (Å²) in [5, 5.41) is 6.84. The lowest BCUT2D eigenvalue weighted by atomic mass is 9.95. The molecule has 2 aromatic rings. The third-order valence-corrected chi connectivity index (χ3v) is 3.18. The molecule has 5 nitrogen and oxygen atoms in total. The fourth-order valence-corrected chi connectivity index (χ4v) is 2.33. The third kappa shape index (κ3) is 1.83. The Morgan fingerprint density at radius 2 is 2.00 bits per heavy atom. The first-order chi connectivity index (χ1) is 9.06. The molecule has 1 aliphatic rings. The molecule has 1 amide bonds. The topological polar surface area (TPSA) is 64.0 Å². The average Bonchev–Trinajstić information content (AvgIpc) is 2.70. The second kappa shape index (κ2) is 4.05. The zero-order chi connectivity index (χ0) is 13.6. The number of aromatic nitrogens is 2. The number of aryl methyl sites for hydroxylation is 2. The van der Waals surface area contributed by atoms with Crippen LogP contribution < -0.4 is 5.32 Å². The molecule has 0 radical (unpaired) electrons. The molecule has 5 heteroatoms. The summed E-state index contributed by atoms with van der Waals surface area (Å²) in [5.74, 6) is -0.997. The molecule has 0 bridgehead atoms. The first kappa shape index (κ1) is 11.6. The molecule has 0 aliphatic carbocycles. The summed E-state index contributed by atoms with van der Waals surface area (Å²) in [4.78, 5) is 24.5. The van der Waals surface area contributed by atoms with Gasteiger partial charge in [-0.3, -0.25) is 9.59 Å². The molecular formula is C14H13N3O2. The van der Waals surface area contributed by atoms with Gasteiger partial charge >= 0.3 is 0 Å². The molecule has 2 heterocycles. The number of nitrogens with one attached hydrogen (secondary N) is 1. The van der Waals surface area contributed by atoms with Gasteiger partial charge in [-0.2, -0.15) is 9.78 Å². The van der Waals surface area contributed by atoms with E-state index < -0.39 is 5.92 Å². The smallest absolute Gasteiger partial charge is 0.265 e. The summed E-state index contributed by atoms with van der Waals surface area (Å²) >= 11 is 0. The zero-order valence-corrected chi connectivity index (χ0v) is 10.7. The monoisotopic (exact) mass is 255 g/mol. The summed E-state index contributed by atoms with van der Waals surface area (Å²) in [6.45, 7) is 3.71. The van der Waals surface area contributed by atoms with Crippen molar-refractivity contribution >= 4 is 17.6 Å². The summed E-state index contributed by atoms with van der Waals surface area (Å²) in [6, 6.07) is 9.09. The van der Waals surface area contributed by atoms with E-state index in [0.717, 1.165) is 5.56 Å². The minimum atomic E-state index is -0.827. The Bertz CT molecular complexity index is 688. The number of fused-ring (bicyclic) bond motifs is 1. The maximum absolute atomic E-state index is 12.4. The van der Waals surface area contributed by atoms with Crippen LogP contribution in [0.2, 0.25) is 0 Å². The first-order valence-corrected chi connectivity index (χ1v) is 6.04. The molecule has 0 saturated heterocycles. The Labute approximate surface area is 110 Å². The lowest BCUT2D eigenvalue weighted by Crippen LogP contribution is -2.38. The van der Waals surface area contributed by atoms with Gasteiger partial charge in [0.2, 0.25) is 5.91 Å². The molecule has 19 heavy (non-hydrogen) atoms. The van der Waals surface area contributed by atoms with E-state index >= 15 is 0 Å². The maximum atomic E-state index is 12.4. The third-order valence-electron chi connectivity index (χ3n) is 3.18. The molecule has 1 unspecified atom stereocenters. The average molecular weight is 255 g/mol. The van der Waals surface area contributed by atoms with Gasteiger partial charge in [-0.15, -0.1) is 0 Å². The highest BCUT2D eigenvalue weighted by Gasteiger charge is 2.36. The zero-order valence-electron chi connectivity index (χ0n) is 10.7. The number of hydrogen-bond acceptors (Lipinski definition) is 3. The molecule has 1 atom stereocenters. The van der Waals surface area contributed by atoms with Gasteiger partial charge < -0.3 is 5.32 Å².